The summed E-state index contributed by atoms with van der Waals surface area (Å²) in [6.45, 7) is 2.13. The van der Waals surface area contributed by atoms with Crippen LogP contribution in [0.1, 0.15) is 23.2 Å². The Kier molecular flexibility index (Phi) is 5.56. The Morgan fingerprint density at radius 1 is 1.13 bits per heavy atom. The normalized spacial score (nSPS) is 16.4. The fourth-order valence-corrected chi connectivity index (χ4v) is 5.19. The van der Waals surface area contributed by atoms with Crippen LogP contribution in [-0.2, 0) is 0 Å². The number of nitrogens with zero attached hydrogens (tertiary/aromatic N) is 2. The molecular formula is C23H21ClN2O4S. The van der Waals surface area contributed by atoms with E-state index in [9.17, 15) is 9.90 Å². The molecule has 160 valence electrons. The van der Waals surface area contributed by atoms with E-state index < -0.39 is 0 Å². The van der Waals surface area contributed by atoms with E-state index in [2.05, 4.69) is 16.4 Å². The number of benzene rings is 1. The molecule has 2 aliphatic heterocycles. The number of hydrogen-bond donors (Lipinski definition) is 1. The van der Waals surface area contributed by atoms with E-state index in [-0.39, 0.29) is 12.0 Å². The van der Waals surface area contributed by atoms with E-state index >= 15 is 0 Å². The van der Waals surface area contributed by atoms with Crippen LogP contribution in [0.2, 0.25) is 5.02 Å². The van der Waals surface area contributed by atoms with Crippen LogP contribution in [0.4, 0.5) is 0 Å². The van der Waals surface area contributed by atoms with Gasteiger partial charge in [-0.25, -0.2) is 4.98 Å². The number of fused-ring (bicyclic) bond motifs is 1. The highest BCUT2D eigenvalue weighted by molar-refractivity contribution is 7.14. The molecule has 0 unspecified atom stereocenters. The lowest BCUT2D eigenvalue weighted by atomic mass is 10.0. The van der Waals surface area contributed by atoms with Crippen molar-refractivity contribution in [3.8, 4) is 33.2 Å². The molecule has 0 saturated carbocycles. The Morgan fingerprint density at radius 3 is 2.74 bits per heavy atom. The minimum absolute atomic E-state index is 0.0484. The molecular weight excluding hydrogens is 436 g/mol. The van der Waals surface area contributed by atoms with Crippen molar-refractivity contribution in [2.75, 3.05) is 26.3 Å². The summed E-state index contributed by atoms with van der Waals surface area (Å²) in [6.07, 6.45) is 2.63. The molecule has 1 saturated heterocycles. The number of thiophene rings is 1. The molecule has 8 heteroatoms. The van der Waals surface area contributed by atoms with Crippen LogP contribution in [0, 0.1) is 0 Å². The van der Waals surface area contributed by atoms with Crippen molar-refractivity contribution in [1.82, 2.24) is 9.88 Å². The molecule has 1 aromatic carbocycles. The number of hydrogen-bond acceptors (Lipinski definition) is 6. The quantitative estimate of drug-likeness (QED) is 0.628. The number of aliphatic hydroxyl groups excluding tert-OH is 1. The zero-order valence-corrected chi connectivity index (χ0v) is 18.3. The number of pyridine rings is 1. The first kappa shape index (κ1) is 20.3. The standard InChI is InChI=1S/C23H21ClN2O4S/c24-19-11-14(23(28)26-7-4-16(27)5-8-26)1-2-18(19)20-12-15(13-31-20)17-3-6-25-22-21(17)29-9-10-30-22/h1-3,6,11-13,16,27H,4-5,7-10H2. The van der Waals surface area contributed by atoms with Gasteiger partial charge in [-0.2, -0.15) is 0 Å². The number of aromatic nitrogens is 1. The summed E-state index contributed by atoms with van der Waals surface area (Å²) in [4.78, 5) is 19.8. The largest absolute Gasteiger partial charge is 0.484 e. The van der Waals surface area contributed by atoms with Crippen LogP contribution in [0.25, 0.3) is 21.6 Å². The second-order valence-corrected chi connectivity index (χ2v) is 8.93. The monoisotopic (exact) mass is 456 g/mol. The molecule has 6 nitrogen and oxygen atoms in total. The Balaban J connectivity index is 1.40. The molecule has 0 spiro atoms. The van der Waals surface area contributed by atoms with Gasteiger partial charge in [-0.05, 0) is 48.1 Å². The number of amides is 1. The number of rotatable bonds is 3. The number of halogens is 1. The second-order valence-electron chi connectivity index (χ2n) is 7.61. The van der Waals surface area contributed by atoms with Gasteiger partial charge in [0.1, 0.15) is 13.2 Å². The summed E-state index contributed by atoms with van der Waals surface area (Å²) >= 11 is 8.16. The van der Waals surface area contributed by atoms with E-state index in [1.54, 1.807) is 28.5 Å². The number of carbonyl (C=O) groups is 1. The van der Waals surface area contributed by atoms with Crippen LogP contribution >= 0.6 is 22.9 Å². The molecule has 1 N–H and O–H groups in total. The van der Waals surface area contributed by atoms with Gasteiger partial charge in [-0.3, -0.25) is 4.79 Å². The molecule has 2 aliphatic rings. The van der Waals surface area contributed by atoms with E-state index in [0.717, 1.165) is 21.6 Å². The smallest absolute Gasteiger partial charge is 0.257 e. The van der Waals surface area contributed by atoms with Crippen molar-refractivity contribution in [2.24, 2.45) is 0 Å². The predicted molar refractivity (Wildman–Crippen MR) is 120 cm³/mol. The lowest BCUT2D eigenvalue weighted by Gasteiger charge is -2.29. The molecule has 1 fully saturated rings. The van der Waals surface area contributed by atoms with Gasteiger partial charge in [0.25, 0.3) is 11.8 Å². The van der Waals surface area contributed by atoms with Gasteiger partial charge in [-0.15, -0.1) is 11.3 Å². The van der Waals surface area contributed by atoms with Crippen LogP contribution in [0.5, 0.6) is 11.6 Å². The topological polar surface area (TPSA) is 71.9 Å². The van der Waals surface area contributed by atoms with Crippen molar-refractivity contribution in [3.05, 3.63) is 52.5 Å². The number of ether oxygens (including phenoxy) is 2. The summed E-state index contributed by atoms with van der Waals surface area (Å²) in [6, 6.07) is 9.42. The van der Waals surface area contributed by atoms with Crippen molar-refractivity contribution in [1.29, 1.82) is 0 Å². The minimum atomic E-state index is -0.314. The SMILES string of the molecule is O=C(c1ccc(-c2cc(-c3ccnc4c3OCCO4)cs2)c(Cl)c1)N1CCC(O)CC1. The second kappa shape index (κ2) is 8.49. The zero-order chi connectivity index (χ0) is 21.4. The van der Waals surface area contributed by atoms with Crippen LogP contribution in [0.15, 0.2) is 41.9 Å². The first-order valence-electron chi connectivity index (χ1n) is 10.2. The first-order chi connectivity index (χ1) is 15.1. The number of likely N-dealkylation sites (tertiary alicyclic amines) is 1. The molecule has 0 bridgehead atoms. The average Bonchev–Trinajstić information content (AvgIpc) is 3.28. The highest BCUT2D eigenvalue weighted by Gasteiger charge is 2.23. The number of carbonyl (C=O) groups excluding carboxylic acids is 1. The van der Waals surface area contributed by atoms with Gasteiger partial charge < -0.3 is 19.5 Å². The van der Waals surface area contributed by atoms with Crippen LogP contribution in [0.3, 0.4) is 0 Å². The molecule has 31 heavy (non-hydrogen) atoms. The van der Waals surface area contributed by atoms with E-state index in [0.29, 0.717) is 61.4 Å². The van der Waals surface area contributed by atoms with Crippen LogP contribution in [-0.4, -0.2) is 53.3 Å². The maximum Gasteiger partial charge on any atom is 0.257 e. The van der Waals surface area contributed by atoms with Crippen molar-refractivity contribution < 1.29 is 19.4 Å². The van der Waals surface area contributed by atoms with Gasteiger partial charge in [0, 0.05) is 40.9 Å². The lowest BCUT2D eigenvalue weighted by Crippen LogP contribution is -2.40. The van der Waals surface area contributed by atoms with Crippen molar-refractivity contribution in [3.63, 3.8) is 0 Å². The van der Waals surface area contributed by atoms with E-state index in [1.807, 2.05) is 18.2 Å². The van der Waals surface area contributed by atoms with Gasteiger partial charge in [0.05, 0.1) is 11.1 Å². The highest BCUT2D eigenvalue weighted by atomic mass is 35.5. The summed E-state index contributed by atoms with van der Waals surface area (Å²) < 4.78 is 11.4. The summed E-state index contributed by atoms with van der Waals surface area (Å²) in [7, 11) is 0. The Labute approximate surface area is 189 Å². The molecule has 1 amide bonds. The summed E-state index contributed by atoms with van der Waals surface area (Å²) in [5.41, 5.74) is 3.38. The van der Waals surface area contributed by atoms with Crippen molar-refractivity contribution >= 4 is 28.8 Å². The fourth-order valence-electron chi connectivity index (χ4n) is 3.90. The van der Waals surface area contributed by atoms with Crippen molar-refractivity contribution in [2.45, 2.75) is 18.9 Å². The van der Waals surface area contributed by atoms with E-state index in [1.165, 1.54) is 0 Å². The molecule has 3 aromatic rings. The van der Waals surface area contributed by atoms with Gasteiger partial charge in [-0.1, -0.05) is 17.7 Å². The first-order valence-corrected chi connectivity index (χ1v) is 11.5. The third-order valence-electron chi connectivity index (χ3n) is 5.58. The highest BCUT2D eigenvalue weighted by Crippen LogP contribution is 2.42. The Morgan fingerprint density at radius 2 is 1.94 bits per heavy atom. The van der Waals surface area contributed by atoms with Gasteiger partial charge >= 0.3 is 0 Å². The van der Waals surface area contributed by atoms with E-state index in [4.69, 9.17) is 21.1 Å². The third-order valence-corrected chi connectivity index (χ3v) is 6.86. The predicted octanol–water partition coefficient (Wildman–Crippen LogP) is 4.50. The Bertz CT molecular complexity index is 1120. The molecule has 0 radical (unpaired) electrons. The molecule has 5 rings (SSSR count). The maximum absolute atomic E-state index is 12.8. The molecule has 2 aromatic heterocycles. The number of piperidine rings is 1. The zero-order valence-electron chi connectivity index (χ0n) is 16.7. The number of aliphatic hydroxyl groups is 1. The average molecular weight is 457 g/mol. The van der Waals surface area contributed by atoms with Crippen LogP contribution < -0.4 is 9.47 Å². The van der Waals surface area contributed by atoms with Gasteiger partial charge in [0.15, 0.2) is 5.75 Å². The third kappa shape index (κ3) is 4.01. The summed E-state index contributed by atoms with van der Waals surface area (Å²) in [5.74, 6) is 1.13. The Hall–Kier alpha value is -2.61. The van der Waals surface area contributed by atoms with Gasteiger partial charge in [0.2, 0.25) is 0 Å². The lowest BCUT2D eigenvalue weighted by molar-refractivity contribution is 0.0546. The fraction of sp³-hybridized carbons (Fsp3) is 0.304. The maximum atomic E-state index is 12.8. The molecule has 4 heterocycles. The molecule has 0 aliphatic carbocycles. The molecule has 0 atom stereocenters. The minimum Gasteiger partial charge on any atom is -0.484 e. The summed E-state index contributed by atoms with van der Waals surface area (Å²) in [5, 5.41) is 12.2.